The number of thiazole rings is 1. The summed E-state index contributed by atoms with van der Waals surface area (Å²) in [6.07, 6.45) is 0. The lowest BCUT2D eigenvalue weighted by atomic mass is 10.1. The minimum absolute atomic E-state index is 0.0535. The molecule has 2 N–H and O–H groups in total. The molecule has 1 aromatic carbocycles. The van der Waals surface area contributed by atoms with E-state index in [1.54, 1.807) is 11.3 Å². The highest BCUT2D eigenvalue weighted by Gasteiger charge is 2.09. The van der Waals surface area contributed by atoms with Crippen LogP contribution in [-0.4, -0.2) is 30.5 Å². The molecule has 0 saturated heterocycles. The number of benzene rings is 1. The van der Waals surface area contributed by atoms with Crippen LogP contribution in [0.1, 0.15) is 23.0 Å². The van der Waals surface area contributed by atoms with Gasteiger partial charge in [0.2, 0.25) is 0 Å². The van der Waals surface area contributed by atoms with Gasteiger partial charge in [-0.15, -0.1) is 11.3 Å². The molecule has 2 rings (SSSR count). The molecule has 0 fully saturated rings. The van der Waals surface area contributed by atoms with Gasteiger partial charge in [0.15, 0.2) is 0 Å². The van der Waals surface area contributed by atoms with Crippen LogP contribution in [0.25, 0.3) is 10.6 Å². The van der Waals surface area contributed by atoms with E-state index in [9.17, 15) is 4.79 Å². The zero-order chi connectivity index (χ0) is 14.5. The van der Waals surface area contributed by atoms with Crippen molar-refractivity contribution in [2.75, 3.05) is 13.6 Å². The number of carbonyl (C=O) groups excluding carboxylic acids is 1. The van der Waals surface area contributed by atoms with Gasteiger partial charge in [-0.05, 0) is 33.0 Å². The van der Waals surface area contributed by atoms with E-state index in [4.69, 9.17) is 0 Å². The summed E-state index contributed by atoms with van der Waals surface area (Å²) < 4.78 is 0. The van der Waals surface area contributed by atoms with E-state index in [0.29, 0.717) is 12.1 Å². The first-order valence-corrected chi connectivity index (χ1v) is 7.46. The fourth-order valence-corrected chi connectivity index (χ4v) is 2.52. The zero-order valence-electron chi connectivity index (χ0n) is 11.9. The smallest absolute Gasteiger partial charge is 0.251 e. The van der Waals surface area contributed by atoms with Crippen molar-refractivity contribution in [3.8, 4) is 10.6 Å². The van der Waals surface area contributed by atoms with Crippen molar-refractivity contribution < 1.29 is 4.79 Å². The number of carbonyl (C=O) groups is 1. The molecule has 1 unspecified atom stereocenters. The third kappa shape index (κ3) is 3.65. The van der Waals surface area contributed by atoms with Gasteiger partial charge in [-0.3, -0.25) is 4.79 Å². The number of nitrogens with zero attached hydrogens (tertiary/aromatic N) is 1. The lowest BCUT2D eigenvalue weighted by Crippen LogP contribution is -2.37. The normalized spacial score (nSPS) is 12.2. The average Bonchev–Trinajstić information content (AvgIpc) is 2.91. The van der Waals surface area contributed by atoms with Gasteiger partial charge in [-0.2, -0.15) is 0 Å². The Morgan fingerprint density at radius 2 is 2.25 bits per heavy atom. The van der Waals surface area contributed by atoms with E-state index in [0.717, 1.165) is 16.3 Å². The number of aryl methyl sites for hydroxylation is 1. The Hall–Kier alpha value is -1.72. The molecule has 4 nitrogen and oxygen atoms in total. The summed E-state index contributed by atoms with van der Waals surface area (Å²) in [6, 6.07) is 7.83. The fraction of sp³-hybridized carbons (Fsp3) is 0.333. The van der Waals surface area contributed by atoms with Gasteiger partial charge >= 0.3 is 0 Å². The Kier molecular flexibility index (Phi) is 4.87. The number of aromatic nitrogens is 1. The predicted octanol–water partition coefficient (Wildman–Crippen LogP) is 2.46. The van der Waals surface area contributed by atoms with Crippen LogP contribution < -0.4 is 10.6 Å². The quantitative estimate of drug-likeness (QED) is 0.889. The fourth-order valence-electron chi connectivity index (χ4n) is 1.73. The SMILES string of the molecule is CNC(C)CNC(=O)c1cccc(-c2nc(C)cs2)c1. The van der Waals surface area contributed by atoms with E-state index in [1.807, 2.05) is 50.5 Å². The van der Waals surface area contributed by atoms with Crippen LogP contribution in [0.3, 0.4) is 0 Å². The van der Waals surface area contributed by atoms with E-state index in [-0.39, 0.29) is 11.9 Å². The molecule has 2 aromatic rings. The molecular formula is C15H19N3OS. The molecule has 20 heavy (non-hydrogen) atoms. The van der Waals surface area contributed by atoms with Crippen molar-refractivity contribution in [3.63, 3.8) is 0 Å². The van der Waals surface area contributed by atoms with Gasteiger partial charge in [0.05, 0.1) is 0 Å². The number of amides is 1. The molecule has 106 valence electrons. The van der Waals surface area contributed by atoms with Crippen molar-refractivity contribution in [3.05, 3.63) is 40.9 Å². The summed E-state index contributed by atoms with van der Waals surface area (Å²) in [7, 11) is 1.88. The van der Waals surface area contributed by atoms with Crippen LogP contribution in [-0.2, 0) is 0 Å². The maximum atomic E-state index is 12.1. The number of hydrogen-bond donors (Lipinski definition) is 2. The van der Waals surface area contributed by atoms with Gasteiger partial charge in [-0.1, -0.05) is 12.1 Å². The molecule has 1 atom stereocenters. The maximum Gasteiger partial charge on any atom is 0.251 e. The van der Waals surface area contributed by atoms with Gasteiger partial charge in [0.1, 0.15) is 5.01 Å². The van der Waals surface area contributed by atoms with E-state index < -0.39 is 0 Å². The molecule has 0 aliphatic carbocycles. The van der Waals surface area contributed by atoms with Crippen molar-refractivity contribution >= 4 is 17.2 Å². The average molecular weight is 289 g/mol. The first-order valence-electron chi connectivity index (χ1n) is 6.58. The highest BCUT2D eigenvalue weighted by Crippen LogP contribution is 2.24. The third-order valence-electron chi connectivity index (χ3n) is 3.05. The standard InChI is InChI=1S/C15H19N3OS/c1-10(16-3)8-17-14(19)12-5-4-6-13(7-12)15-18-11(2)9-20-15/h4-7,9-10,16H,8H2,1-3H3,(H,17,19). The Morgan fingerprint density at radius 3 is 2.90 bits per heavy atom. The summed E-state index contributed by atoms with van der Waals surface area (Å²) in [6.45, 7) is 4.60. The van der Waals surface area contributed by atoms with Gasteiger partial charge < -0.3 is 10.6 Å². The monoisotopic (exact) mass is 289 g/mol. The van der Waals surface area contributed by atoms with Crippen LogP contribution in [0.15, 0.2) is 29.6 Å². The molecule has 0 aliphatic rings. The third-order valence-corrected chi connectivity index (χ3v) is 4.06. The van der Waals surface area contributed by atoms with E-state index in [1.165, 1.54) is 0 Å². The lowest BCUT2D eigenvalue weighted by Gasteiger charge is -2.11. The molecule has 1 amide bonds. The molecular weight excluding hydrogens is 270 g/mol. The van der Waals surface area contributed by atoms with Crippen molar-refractivity contribution in [1.82, 2.24) is 15.6 Å². The summed E-state index contributed by atoms with van der Waals surface area (Å²) in [5.41, 5.74) is 2.65. The van der Waals surface area contributed by atoms with Gasteiger partial charge in [-0.25, -0.2) is 4.98 Å². The second kappa shape index (κ2) is 6.63. The summed E-state index contributed by atoms with van der Waals surface area (Å²) >= 11 is 1.59. The molecule has 0 saturated carbocycles. The topological polar surface area (TPSA) is 54.0 Å². The largest absolute Gasteiger partial charge is 0.350 e. The van der Waals surface area contributed by atoms with Crippen molar-refractivity contribution in [2.24, 2.45) is 0 Å². The van der Waals surface area contributed by atoms with Crippen molar-refractivity contribution in [2.45, 2.75) is 19.9 Å². The minimum atomic E-state index is -0.0535. The molecule has 0 radical (unpaired) electrons. The highest BCUT2D eigenvalue weighted by atomic mass is 32.1. The second-order valence-corrected chi connectivity index (χ2v) is 5.63. The van der Waals surface area contributed by atoms with Crippen LogP contribution >= 0.6 is 11.3 Å². The Labute approximate surface area is 123 Å². The molecule has 0 aliphatic heterocycles. The first kappa shape index (κ1) is 14.7. The first-order chi connectivity index (χ1) is 9.60. The Bertz CT molecular complexity index is 594. The zero-order valence-corrected chi connectivity index (χ0v) is 12.8. The Balaban J connectivity index is 2.11. The number of likely N-dealkylation sites (N-methyl/N-ethyl adjacent to an activating group) is 1. The van der Waals surface area contributed by atoms with Gasteiger partial charge in [0.25, 0.3) is 5.91 Å². The van der Waals surface area contributed by atoms with Crippen LogP contribution in [0, 0.1) is 6.92 Å². The highest BCUT2D eigenvalue weighted by molar-refractivity contribution is 7.13. The summed E-state index contributed by atoms with van der Waals surface area (Å²) in [4.78, 5) is 16.5. The molecule has 0 bridgehead atoms. The van der Waals surface area contributed by atoms with E-state index in [2.05, 4.69) is 15.6 Å². The minimum Gasteiger partial charge on any atom is -0.350 e. The Morgan fingerprint density at radius 1 is 1.45 bits per heavy atom. The van der Waals surface area contributed by atoms with Crippen LogP contribution in [0.4, 0.5) is 0 Å². The number of rotatable bonds is 5. The molecule has 0 spiro atoms. The summed E-state index contributed by atoms with van der Waals surface area (Å²) in [5.74, 6) is -0.0535. The van der Waals surface area contributed by atoms with Gasteiger partial charge in [0, 0.05) is 34.8 Å². The molecule has 1 heterocycles. The molecule has 5 heteroatoms. The number of hydrogen-bond acceptors (Lipinski definition) is 4. The van der Waals surface area contributed by atoms with Crippen LogP contribution in [0.5, 0.6) is 0 Å². The lowest BCUT2D eigenvalue weighted by molar-refractivity contribution is 0.0950. The van der Waals surface area contributed by atoms with Crippen LogP contribution in [0.2, 0.25) is 0 Å². The molecule has 1 aromatic heterocycles. The van der Waals surface area contributed by atoms with Crippen molar-refractivity contribution in [1.29, 1.82) is 0 Å². The maximum absolute atomic E-state index is 12.1. The number of nitrogens with one attached hydrogen (secondary N) is 2. The summed E-state index contributed by atoms with van der Waals surface area (Å²) in [5, 5.41) is 8.96. The predicted molar refractivity (Wildman–Crippen MR) is 83.1 cm³/mol. The second-order valence-electron chi connectivity index (χ2n) is 4.77. The van der Waals surface area contributed by atoms with E-state index >= 15 is 0 Å².